The molecule has 0 aromatic heterocycles. The van der Waals surface area contributed by atoms with Crippen LogP contribution in [0.4, 0.5) is 5.69 Å². The number of nitro benzene ring substituents is 1. The number of carbonyl (C=O) groups excluding carboxylic acids is 3. The van der Waals surface area contributed by atoms with Crippen LogP contribution in [0.3, 0.4) is 0 Å². The van der Waals surface area contributed by atoms with E-state index in [0.717, 1.165) is 11.0 Å². The van der Waals surface area contributed by atoms with E-state index in [1.165, 1.54) is 25.3 Å². The molecule has 1 heterocycles. The summed E-state index contributed by atoms with van der Waals surface area (Å²) < 4.78 is 10.6. The van der Waals surface area contributed by atoms with Crippen molar-refractivity contribution in [3.05, 3.63) is 63.7 Å². The SMILES string of the molecule is CCC1Oc2ccccc2C(=O)N(CC(=O)c2ccc(OC)c([N+](=O)[O-])c2)C1=O. The van der Waals surface area contributed by atoms with Gasteiger partial charge < -0.3 is 9.47 Å². The van der Waals surface area contributed by atoms with E-state index in [-0.39, 0.29) is 28.3 Å². The van der Waals surface area contributed by atoms with Gasteiger partial charge in [0.1, 0.15) is 5.75 Å². The van der Waals surface area contributed by atoms with Crippen molar-refractivity contribution < 1.29 is 28.8 Å². The van der Waals surface area contributed by atoms with Crippen LogP contribution in [0.25, 0.3) is 0 Å². The van der Waals surface area contributed by atoms with Crippen molar-refractivity contribution in [2.75, 3.05) is 13.7 Å². The number of hydrogen-bond donors (Lipinski definition) is 0. The number of ketones is 1. The molecular formula is C20H18N2O7. The van der Waals surface area contributed by atoms with Crippen molar-refractivity contribution in [2.24, 2.45) is 0 Å². The summed E-state index contributed by atoms with van der Waals surface area (Å²) >= 11 is 0. The van der Waals surface area contributed by atoms with Gasteiger partial charge in [0.25, 0.3) is 11.8 Å². The Bertz CT molecular complexity index is 1000. The Morgan fingerprint density at radius 2 is 1.97 bits per heavy atom. The number of benzene rings is 2. The summed E-state index contributed by atoms with van der Waals surface area (Å²) in [6.07, 6.45) is -0.611. The molecule has 1 atom stereocenters. The number of Topliss-reactive ketones (excluding diaryl/α,β-unsaturated/α-hetero) is 1. The van der Waals surface area contributed by atoms with Crippen molar-refractivity contribution in [1.82, 2.24) is 4.90 Å². The fourth-order valence-electron chi connectivity index (χ4n) is 3.02. The van der Waals surface area contributed by atoms with E-state index in [1.54, 1.807) is 25.1 Å². The Labute approximate surface area is 166 Å². The highest BCUT2D eigenvalue weighted by molar-refractivity contribution is 6.12. The average Bonchev–Trinajstić information content (AvgIpc) is 2.83. The van der Waals surface area contributed by atoms with E-state index in [0.29, 0.717) is 6.42 Å². The Balaban J connectivity index is 1.94. The molecule has 0 radical (unpaired) electrons. The zero-order chi connectivity index (χ0) is 21.1. The third-order valence-electron chi connectivity index (χ3n) is 4.54. The minimum Gasteiger partial charge on any atom is -0.490 e. The first-order valence-electron chi connectivity index (χ1n) is 8.84. The van der Waals surface area contributed by atoms with Gasteiger partial charge >= 0.3 is 5.69 Å². The normalized spacial score (nSPS) is 15.9. The van der Waals surface area contributed by atoms with Crippen LogP contribution in [-0.4, -0.2) is 47.2 Å². The number of fused-ring (bicyclic) bond motifs is 1. The van der Waals surface area contributed by atoms with Crippen molar-refractivity contribution in [2.45, 2.75) is 19.4 Å². The van der Waals surface area contributed by atoms with E-state index in [9.17, 15) is 24.5 Å². The van der Waals surface area contributed by atoms with Gasteiger partial charge in [-0.1, -0.05) is 19.1 Å². The maximum Gasteiger partial charge on any atom is 0.311 e. The summed E-state index contributed by atoms with van der Waals surface area (Å²) in [5.41, 5.74) is -0.220. The largest absolute Gasteiger partial charge is 0.490 e. The molecular weight excluding hydrogens is 380 g/mol. The van der Waals surface area contributed by atoms with E-state index >= 15 is 0 Å². The van der Waals surface area contributed by atoms with Gasteiger partial charge in [-0.05, 0) is 30.7 Å². The minimum atomic E-state index is -0.916. The van der Waals surface area contributed by atoms with Crippen LogP contribution in [0, 0.1) is 10.1 Å². The number of carbonyl (C=O) groups is 3. The van der Waals surface area contributed by atoms with Crippen LogP contribution in [0.2, 0.25) is 0 Å². The molecule has 3 rings (SSSR count). The van der Waals surface area contributed by atoms with E-state index in [1.807, 2.05) is 0 Å². The van der Waals surface area contributed by atoms with Gasteiger partial charge in [-0.15, -0.1) is 0 Å². The lowest BCUT2D eigenvalue weighted by Gasteiger charge is -2.21. The predicted molar refractivity (Wildman–Crippen MR) is 101 cm³/mol. The summed E-state index contributed by atoms with van der Waals surface area (Å²) in [6, 6.07) is 10.1. The number of hydrogen-bond acceptors (Lipinski definition) is 7. The standard InChI is InChI=1S/C20H18N2O7/c1-3-16-20(25)21(19(24)13-6-4-5-7-17(13)29-16)11-15(23)12-8-9-18(28-2)14(10-12)22(26)27/h4-10,16H,3,11H2,1-2H3. The zero-order valence-electron chi connectivity index (χ0n) is 15.8. The molecule has 0 saturated heterocycles. The van der Waals surface area contributed by atoms with Gasteiger partial charge in [-0.3, -0.25) is 29.4 Å². The van der Waals surface area contributed by atoms with Crippen LogP contribution >= 0.6 is 0 Å². The van der Waals surface area contributed by atoms with Crippen LogP contribution in [0.1, 0.15) is 34.1 Å². The molecule has 1 unspecified atom stereocenters. The topological polar surface area (TPSA) is 116 Å². The van der Waals surface area contributed by atoms with Gasteiger partial charge in [-0.2, -0.15) is 0 Å². The number of nitro groups is 1. The maximum absolute atomic E-state index is 12.9. The van der Waals surface area contributed by atoms with Gasteiger partial charge in [0.2, 0.25) is 0 Å². The quantitative estimate of drug-likeness (QED) is 0.318. The fourth-order valence-corrected chi connectivity index (χ4v) is 3.02. The van der Waals surface area contributed by atoms with Crippen LogP contribution in [-0.2, 0) is 4.79 Å². The van der Waals surface area contributed by atoms with Crippen molar-refractivity contribution in [3.63, 3.8) is 0 Å². The molecule has 0 spiro atoms. The van der Waals surface area contributed by atoms with E-state index in [4.69, 9.17) is 9.47 Å². The molecule has 1 aliphatic rings. The second-order valence-corrected chi connectivity index (χ2v) is 6.31. The highest BCUT2D eigenvalue weighted by atomic mass is 16.6. The third kappa shape index (κ3) is 3.79. The number of methoxy groups -OCH3 is 1. The number of para-hydroxylation sites is 1. The highest BCUT2D eigenvalue weighted by Gasteiger charge is 2.36. The fraction of sp³-hybridized carbons (Fsp3) is 0.250. The third-order valence-corrected chi connectivity index (χ3v) is 4.54. The Hall–Kier alpha value is -3.75. The summed E-state index contributed by atoms with van der Waals surface area (Å²) in [7, 11) is 1.28. The second kappa shape index (κ2) is 8.09. The number of ether oxygens (including phenoxy) is 2. The number of nitrogens with zero attached hydrogens (tertiary/aromatic N) is 2. The molecule has 150 valence electrons. The van der Waals surface area contributed by atoms with Gasteiger partial charge in [0, 0.05) is 11.6 Å². The Morgan fingerprint density at radius 1 is 1.24 bits per heavy atom. The Morgan fingerprint density at radius 3 is 2.62 bits per heavy atom. The molecule has 29 heavy (non-hydrogen) atoms. The first-order valence-corrected chi connectivity index (χ1v) is 8.84. The van der Waals surface area contributed by atoms with Gasteiger partial charge in [-0.25, -0.2) is 0 Å². The van der Waals surface area contributed by atoms with Crippen LogP contribution < -0.4 is 9.47 Å². The molecule has 0 fully saturated rings. The Kier molecular flexibility index (Phi) is 5.58. The lowest BCUT2D eigenvalue weighted by molar-refractivity contribution is -0.385. The molecule has 0 bridgehead atoms. The molecule has 2 aromatic carbocycles. The molecule has 2 amide bonds. The molecule has 1 aliphatic heterocycles. The van der Waals surface area contributed by atoms with Gasteiger partial charge in [0.15, 0.2) is 17.6 Å². The summed E-state index contributed by atoms with van der Waals surface area (Å²) in [6.45, 7) is 1.17. The summed E-state index contributed by atoms with van der Waals surface area (Å²) in [4.78, 5) is 49.8. The summed E-state index contributed by atoms with van der Waals surface area (Å²) in [5, 5.41) is 11.2. The number of amides is 2. The van der Waals surface area contributed by atoms with Crippen molar-refractivity contribution in [1.29, 1.82) is 0 Å². The molecule has 9 nitrogen and oxygen atoms in total. The smallest absolute Gasteiger partial charge is 0.311 e. The summed E-state index contributed by atoms with van der Waals surface area (Å²) in [5.74, 6) is -1.63. The predicted octanol–water partition coefficient (Wildman–Crippen LogP) is 2.63. The molecule has 2 aromatic rings. The average molecular weight is 398 g/mol. The van der Waals surface area contributed by atoms with E-state index in [2.05, 4.69) is 0 Å². The van der Waals surface area contributed by atoms with Gasteiger partial charge in [0.05, 0.1) is 24.1 Å². The van der Waals surface area contributed by atoms with E-state index < -0.39 is 35.2 Å². The monoisotopic (exact) mass is 398 g/mol. The number of rotatable bonds is 6. The lowest BCUT2D eigenvalue weighted by atomic mass is 10.1. The first kappa shape index (κ1) is 20.0. The second-order valence-electron chi connectivity index (χ2n) is 6.31. The first-order chi connectivity index (χ1) is 13.9. The van der Waals surface area contributed by atoms with Crippen molar-refractivity contribution >= 4 is 23.3 Å². The molecule has 0 saturated carbocycles. The lowest BCUT2D eigenvalue weighted by Crippen LogP contribution is -2.45. The number of imide groups is 1. The molecule has 0 aliphatic carbocycles. The van der Waals surface area contributed by atoms with Crippen LogP contribution in [0.5, 0.6) is 11.5 Å². The zero-order valence-corrected chi connectivity index (χ0v) is 15.8. The molecule has 9 heteroatoms. The van der Waals surface area contributed by atoms with Crippen LogP contribution in [0.15, 0.2) is 42.5 Å². The highest BCUT2D eigenvalue weighted by Crippen LogP contribution is 2.29. The maximum atomic E-state index is 12.9. The van der Waals surface area contributed by atoms with Crippen molar-refractivity contribution in [3.8, 4) is 11.5 Å². The minimum absolute atomic E-state index is 0.00171. The molecule has 0 N–H and O–H groups in total.